The van der Waals surface area contributed by atoms with E-state index in [1.165, 1.54) is 22.0 Å². The molecule has 3 atom stereocenters. The molecular formula is C33H41N7O. The molecule has 3 aromatic rings. The molecule has 3 heterocycles. The number of nitriles is 1. The minimum atomic E-state index is 0.129. The summed E-state index contributed by atoms with van der Waals surface area (Å²) in [6, 6.07) is 18.7. The van der Waals surface area contributed by atoms with E-state index in [9.17, 15) is 5.26 Å². The Kier molecular flexibility index (Phi) is 7.97. The highest BCUT2D eigenvalue weighted by Gasteiger charge is 2.33. The third kappa shape index (κ3) is 5.69. The van der Waals surface area contributed by atoms with Gasteiger partial charge in [0, 0.05) is 48.9 Å². The highest BCUT2D eigenvalue weighted by Crippen LogP contribution is 2.35. The van der Waals surface area contributed by atoms with Crippen molar-refractivity contribution in [3.63, 3.8) is 0 Å². The minimum absolute atomic E-state index is 0.129. The predicted molar refractivity (Wildman–Crippen MR) is 164 cm³/mol. The Morgan fingerprint density at radius 1 is 1.05 bits per heavy atom. The molecule has 0 spiro atoms. The fourth-order valence-electron chi connectivity index (χ4n) is 6.77. The van der Waals surface area contributed by atoms with Crippen LogP contribution in [0.5, 0.6) is 6.01 Å². The van der Waals surface area contributed by atoms with E-state index in [-0.39, 0.29) is 12.1 Å². The van der Waals surface area contributed by atoms with Gasteiger partial charge in [-0.1, -0.05) is 42.5 Å². The molecule has 2 fully saturated rings. The zero-order chi connectivity index (χ0) is 28.3. The van der Waals surface area contributed by atoms with Crippen molar-refractivity contribution in [1.82, 2.24) is 19.8 Å². The molecular weight excluding hydrogens is 510 g/mol. The third-order valence-corrected chi connectivity index (χ3v) is 8.98. The summed E-state index contributed by atoms with van der Waals surface area (Å²) < 4.78 is 6.53. The van der Waals surface area contributed by atoms with Gasteiger partial charge in [-0.2, -0.15) is 15.2 Å². The van der Waals surface area contributed by atoms with E-state index in [2.05, 4.69) is 94.5 Å². The van der Waals surface area contributed by atoms with Gasteiger partial charge >= 0.3 is 6.01 Å². The number of rotatable bonds is 7. The summed E-state index contributed by atoms with van der Waals surface area (Å²) in [5.74, 6) is 0.993. The Balaban J connectivity index is 1.33. The number of aromatic nitrogens is 2. The molecule has 2 aliphatic heterocycles. The standard InChI is InChI=1S/C33H41N7O/c1-4-17-38-19-20-40(22-26(38)14-16-34)32-29-15-18-39(31-11-7-9-24-8-5-6-10-28(24)31)23-30(29)35-33(36-32)41-27-13-12-25(21-27)37(2)3/h4-11,17,25-27H,12-15,18-23H2,1-3H3. The first-order chi connectivity index (χ1) is 20.0. The fourth-order valence-corrected chi connectivity index (χ4v) is 6.77. The van der Waals surface area contributed by atoms with E-state index in [4.69, 9.17) is 14.7 Å². The molecule has 6 rings (SSSR count). The molecule has 0 bridgehead atoms. The van der Waals surface area contributed by atoms with E-state index in [1.54, 1.807) is 0 Å². The molecule has 41 heavy (non-hydrogen) atoms. The molecule has 0 N–H and O–H groups in total. The van der Waals surface area contributed by atoms with Crippen molar-refractivity contribution >= 4 is 22.3 Å². The molecule has 0 radical (unpaired) electrons. The molecule has 1 aromatic heterocycles. The highest BCUT2D eigenvalue weighted by molar-refractivity contribution is 5.94. The van der Waals surface area contributed by atoms with Crippen LogP contribution in [0.2, 0.25) is 0 Å². The van der Waals surface area contributed by atoms with Crippen molar-refractivity contribution in [1.29, 1.82) is 5.26 Å². The van der Waals surface area contributed by atoms with Gasteiger partial charge in [-0.25, -0.2) is 0 Å². The number of piperazine rings is 1. The number of fused-ring (bicyclic) bond motifs is 2. The minimum Gasteiger partial charge on any atom is -0.460 e. The lowest BCUT2D eigenvalue weighted by atomic mass is 10.0. The van der Waals surface area contributed by atoms with Crippen molar-refractivity contribution < 1.29 is 4.74 Å². The second-order valence-corrected chi connectivity index (χ2v) is 11.8. The van der Waals surface area contributed by atoms with Crippen LogP contribution in [-0.4, -0.2) is 78.2 Å². The van der Waals surface area contributed by atoms with Gasteiger partial charge in [0.15, 0.2) is 0 Å². The summed E-state index contributed by atoms with van der Waals surface area (Å²) in [5, 5.41) is 12.1. The summed E-state index contributed by atoms with van der Waals surface area (Å²) in [7, 11) is 4.29. The highest BCUT2D eigenvalue weighted by atomic mass is 16.5. The van der Waals surface area contributed by atoms with Crippen LogP contribution in [0.15, 0.2) is 54.7 Å². The predicted octanol–water partition coefficient (Wildman–Crippen LogP) is 4.99. The lowest BCUT2D eigenvalue weighted by Gasteiger charge is -2.42. The quantitative estimate of drug-likeness (QED) is 0.407. The Morgan fingerprint density at radius 3 is 2.71 bits per heavy atom. The van der Waals surface area contributed by atoms with Gasteiger partial charge in [0.2, 0.25) is 0 Å². The SMILES string of the molecule is CC=CN1CCN(c2nc(OC3CCC(N(C)C)C3)nc3c2CCN(c2cccc4ccccc24)C3)CC1CC#N. The zero-order valence-corrected chi connectivity index (χ0v) is 24.5. The van der Waals surface area contributed by atoms with Gasteiger partial charge < -0.3 is 24.3 Å². The van der Waals surface area contributed by atoms with Crippen LogP contribution < -0.4 is 14.5 Å². The van der Waals surface area contributed by atoms with Crippen molar-refractivity contribution in [2.75, 3.05) is 50.1 Å². The van der Waals surface area contributed by atoms with E-state index in [1.807, 2.05) is 6.92 Å². The fraction of sp³-hybridized carbons (Fsp3) is 0.485. The summed E-state index contributed by atoms with van der Waals surface area (Å²) in [6.45, 7) is 6.15. The first-order valence-electron chi connectivity index (χ1n) is 15.0. The van der Waals surface area contributed by atoms with Gasteiger partial charge in [-0.15, -0.1) is 0 Å². The molecule has 3 unspecified atom stereocenters. The summed E-state index contributed by atoms with van der Waals surface area (Å²) >= 11 is 0. The average molecular weight is 552 g/mol. The molecule has 0 amide bonds. The van der Waals surface area contributed by atoms with Crippen molar-refractivity contribution in [2.45, 2.75) is 63.8 Å². The Hall–Kier alpha value is -3.83. The van der Waals surface area contributed by atoms with E-state index < -0.39 is 0 Å². The topological polar surface area (TPSA) is 71.8 Å². The molecule has 1 aliphatic carbocycles. The van der Waals surface area contributed by atoms with Crippen molar-refractivity contribution in [3.05, 3.63) is 66.0 Å². The molecule has 1 saturated heterocycles. The van der Waals surface area contributed by atoms with Crippen LogP contribution in [0.3, 0.4) is 0 Å². The molecule has 1 saturated carbocycles. The van der Waals surface area contributed by atoms with Gasteiger partial charge in [0.1, 0.15) is 11.9 Å². The van der Waals surface area contributed by atoms with Crippen molar-refractivity contribution in [3.8, 4) is 12.1 Å². The maximum atomic E-state index is 9.56. The van der Waals surface area contributed by atoms with Crippen LogP contribution >= 0.6 is 0 Å². The van der Waals surface area contributed by atoms with Gasteiger partial charge in [-0.3, -0.25) is 0 Å². The van der Waals surface area contributed by atoms with Gasteiger partial charge in [0.25, 0.3) is 0 Å². The molecule has 3 aliphatic rings. The lowest BCUT2D eigenvalue weighted by molar-refractivity contribution is 0.177. The van der Waals surface area contributed by atoms with Crippen LogP contribution in [0.4, 0.5) is 11.5 Å². The molecule has 8 heteroatoms. The number of hydrogen-bond donors (Lipinski definition) is 0. The first-order valence-corrected chi connectivity index (χ1v) is 15.0. The van der Waals surface area contributed by atoms with Crippen LogP contribution in [0.1, 0.15) is 43.9 Å². The maximum Gasteiger partial charge on any atom is 0.318 e. The van der Waals surface area contributed by atoms with Crippen LogP contribution in [0.25, 0.3) is 10.8 Å². The van der Waals surface area contributed by atoms with E-state index in [0.29, 0.717) is 18.5 Å². The summed E-state index contributed by atoms with van der Waals surface area (Å²) in [6.07, 6.45) is 8.81. The number of anilines is 2. The second kappa shape index (κ2) is 12.0. The Bertz CT molecular complexity index is 1440. The molecule has 2 aromatic carbocycles. The number of nitrogens with zero attached hydrogens (tertiary/aromatic N) is 7. The monoisotopic (exact) mass is 551 g/mol. The van der Waals surface area contributed by atoms with Gasteiger partial charge in [0.05, 0.1) is 30.8 Å². The second-order valence-electron chi connectivity index (χ2n) is 11.8. The Morgan fingerprint density at radius 2 is 1.90 bits per heavy atom. The largest absolute Gasteiger partial charge is 0.460 e. The van der Waals surface area contributed by atoms with Gasteiger partial charge in [-0.05, 0) is 64.4 Å². The van der Waals surface area contributed by atoms with Crippen molar-refractivity contribution in [2.24, 2.45) is 0 Å². The summed E-state index contributed by atoms with van der Waals surface area (Å²) in [4.78, 5) is 19.6. The summed E-state index contributed by atoms with van der Waals surface area (Å²) in [5.41, 5.74) is 3.52. The number of allylic oxidation sites excluding steroid dienone is 1. The zero-order valence-electron chi connectivity index (χ0n) is 24.5. The van der Waals surface area contributed by atoms with E-state index in [0.717, 1.165) is 69.9 Å². The van der Waals surface area contributed by atoms with E-state index >= 15 is 0 Å². The average Bonchev–Trinajstić information content (AvgIpc) is 3.46. The van der Waals surface area contributed by atoms with Crippen LogP contribution in [-0.2, 0) is 13.0 Å². The lowest BCUT2D eigenvalue weighted by Crippen LogP contribution is -2.51. The first kappa shape index (κ1) is 27.3. The van der Waals surface area contributed by atoms with Crippen LogP contribution in [0, 0.1) is 11.3 Å². The normalized spacial score (nSPS) is 22.9. The Labute approximate surface area is 243 Å². The number of benzene rings is 2. The molecule has 8 nitrogen and oxygen atoms in total. The number of ether oxygens (including phenoxy) is 1. The maximum absolute atomic E-state index is 9.56. The third-order valence-electron chi connectivity index (χ3n) is 8.98. The smallest absolute Gasteiger partial charge is 0.318 e. The molecule has 214 valence electrons. The number of hydrogen-bond acceptors (Lipinski definition) is 8.